The molecule has 0 bridgehead atoms. The number of rotatable bonds is 2. The lowest BCUT2D eigenvalue weighted by atomic mass is 9.96. The Morgan fingerprint density at radius 1 is 1.42 bits per heavy atom. The molecule has 0 saturated heterocycles. The molecule has 4 heteroatoms. The zero-order valence-electron chi connectivity index (χ0n) is 11.4. The van der Waals surface area contributed by atoms with Crippen molar-refractivity contribution in [2.75, 3.05) is 6.54 Å². The predicted molar refractivity (Wildman–Crippen MR) is 82.0 cm³/mol. The quantitative estimate of drug-likeness (QED) is 0.910. The summed E-state index contributed by atoms with van der Waals surface area (Å²) in [5, 5.41) is 1.01. The molecule has 1 aromatic carbocycles. The molecule has 0 amide bonds. The predicted octanol–water partition coefficient (Wildman–Crippen LogP) is 3.54. The SMILES string of the molecule is CC(N)c1nc2cc(C3=NC[C@@H](C)CC3)ccc2s1. The highest BCUT2D eigenvalue weighted by Gasteiger charge is 2.14. The summed E-state index contributed by atoms with van der Waals surface area (Å²) >= 11 is 1.69. The van der Waals surface area contributed by atoms with E-state index in [1.165, 1.54) is 22.4 Å². The summed E-state index contributed by atoms with van der Waals surface area (Å²) in [5.41, 5.74) is 9.40. The first kappa shape index (κ1) is 12.8. The van der Waals surface area contributed by atoms with Gasteiger partial charge in [0.1, 0.15) is 5.01 Å². The molecule has 100 valence electrons. The van der Waals surface area contributed by atoms with Crippen molar-refractivity contribution in [3.05, 3.63) is 28.8 Å². The number of thiazole rings is 1. The molecule has 0 radical (unpaired) electrons. The molecule has 2 atom stereocenters. The minimum absolute atomic E-state index is 0.00807. The molecule has 2 heterocycles. The number of nitrogens with zero attached hydrogens (tertiary/aromatic N) is 2. The van der Waals surface area contributed by atoms with Gasteiger partial charge in [0.05, 0.1) is 16.3 Å². The van der Waals surface area contributed by atoms with Crippen LogP contribution in [0.25, 0.3) is 10.2 Å². The Labute approximate surface area is 117 Å². The molecular weight excluding hydrogens is 254 g/mol. The Morgan fingerprint density at radius 2 is 2.26 bits per heavy atom. The van der Waals surface area contributed by atoms with Crippen LogP contribution >= 0.6 is 11.3 Å². The number of hydrogen-bond donors (Lipinski definition) is 1. The van der Waals surface area contributed by atoms with Crippen molar-refractivity contribution < 1.29 is 0 Å². The summed E-state index contributed by atoms with van der Waals surface area (Å²) in [5.74, 6) is 0.719. The second kappa shape index (κ2) is 5.02. The Kier molecular flexibility index (Phi) is 3.37. The van der Waals surface area contributed by atoms with Crippen molar-refractivity contribution in [1.29, 1.82) is 0 Å². The maximum atomic E-state index is 5.90. The van der Waals surface area contributed by atoms with Gasteiger partial charge in [0, 0.05) is 12.3 Å². The molecule has 0 fully saturated rings. The van der Waals surface area contributed by atoms with E-state index in [1.807, 2.05) is 6.92 Å². The first-order chi connectivity index (χ1) is 9.13. The van der Waals surface area contributed by atoms with Gasteiger partial charge in [-0.05, 0) is 43.4 Å². The highest BCUT2D eigenvalue weighted by Crippen LogP contribution is 2.27. The smallest absolute Gasteiger partial charge is 0.110 e. The average Bonchev–Trinajstić information content (AvgIpc) is 2.82. The molecule has 3 nitrogen and oxygen atoms in total. The first-order valence-corrected chi connectivity index (χ1v) is 7.65. The summed E-state index contributed by atoms with van der Waals surface area (Å²) in [6, 6.07) is 6.48. The van der Waals surface area contributed by atoms with Gasteiger partial charge in [-0.3, -0.25) is 4.99 Å². The standard InChI is InChI=1S/C15H19N3S/c1-9-3-5-12(17-8-9)11-4-6-14-13(7-11)18-15(19-14)10(2)16/h4,6-7,9-10H,3,5,8,16H2,1-2H3/t9-,10?/m0/s1. The highest BCUT2D eigenvalue weighted by atomic mass is 32.1. The molecule has 1 aliphatic heterocycles. The fraction of sp³-hybridized carbons (Fsp3) is 0.467. The lowest BCUT2D eigenvalue weighted by Gasteiger charge is -2.17. The number of nitrogens with two attached hydrogens (primary N) is 1. The fourth-order valence-corrected chi connectivity index (χ4v) is 3.28. The van der Waals surface area contributed by atoms with Crippen LogP contribution in [0, 0.1) is 5.92 Å². The van der Waals surface area contributed by atoms with E-state index in [1.54, 1.807) is 11.3 Å². The Bertz CT molecular complexity index is 627. The Hall–Kier alpha value is -1.26. The molecule has 1 aromatic heterocycles. The van der Waals surface area contributed by atoms with E-state index < -0.39 is 0 Å². The third-order valence-electron chi connectivity index (χ3n) is 3.59. The van der Waals surface area contributed by atoms with Gasteiger partial charge in [0.15, 0.2) is 0 Å². The van der Waals surface area contributed by atoms with Crippen LogP contribution in [0.4, 0.5) is 0 Å². The fourth-order valence-electron chi connectivity index (χ4n) is 2.37. The van der Waals surface area contributed by atoms with E-state index >= 15 is 0 Å². The molecular formula is C15H19N3S. The number of aromatic nitrogens is 1. The molecule has 0 aliphatic carbocycles. The Morgan fingerprint density at radius 3 is 2.95 bits per heavy atom. The molecule has 2 aromatic rings. The number of benzene rings is 1. The lowest BCUT2D eigenvalue weighted by molar-refractivity contribution is 0.538. The molecule has 1 aliphatic rings. The number of fused-ring (bicyclic) bond motifs is 1. The van der Waals surface area contributed by atoms with Crippen molar-refractivity contribution in [3.8, 4) is 0 Å². The van der Waals surface area contributed by atoms with Gasteiger partial charge < -0.3 is 5.73 Å². The van der Waals surface area contributed by atoms with E-state index in [0.717, 1.165) is 29.4 Å². The maximum absolute atomic E-state index is 5.90. The van der Waals surface area contributed by atoms with Crippen LogP contribution in [-0.4, -0.2) is 17.2 Å². The summed E-state index contributed by atoms with van der Waals surface area (Å²) in [4.78, 5) is 9.32. The van der Waals surface area contributed by atoms with Crippen molar-refractivity contribution in [2.24, 2.45) is 16.6 Å². The topological polar surface area (TPSA) is 51.3 Å². The molecule has 1 unspecified atom stereocenters. The van der Waals surface area contributed by atoms with Crippen LogP contribution in [0.3, 0.4) is 0 Å². The van der Waals surface area contributed by atoms with Gasteiger partial charge in [0.2, 0.25) is 0 Å². The van der Waals surface area contributed by atoms with Crippen LogP contribution in [0.1, 0.15) is 43.3 Å². The molecule has 19 heavy (non-hydrogen) atoms. The average molecular weight is 273 g/mol. The second-order valence-corrected chi connectivity index (χ2v) is 6.52. The minimum atomic E-state index is 0.00807. The van der Waals surface area contributed by atoms with Crippen molar-refractivity contribution in [3.63, 3.8) is 0 Å². The van der Waals surface area contributed by atoms with Crippen molar-refractivity contribution in [1.82, 2.24) is 4.98 Å². The lowest BCUT2D eigenvalue weighted by Crippen LogP contribution is -2.14. The molecule has 0 spiro atoms. The van der Waals surface area contributed by atoms with E-state index in [2.05, 4.69) is 30.1 Å². The van der Waals surface area contributed by atoms with Crippen LogP contribution in [0.2, 0.25) is 0 Å². The van der Waals surface area contributed by atoms with Gasteiger partial charge in [0.25, 0.3) is 0 Å². The third-order valence-corrected chi connectivity index (χ3v) is 4.83. The first-order valence-electron chi connectivity index (χ1n) is 6.83. The summed E-state index contributed by atoms with van der Waals surface area (Å²) in [7, 11) is 0. The number of aliphatic imine (C=N–C) groups is 1. The van der Waals surface area contributed by atoms with E-state index in [4.69, 9.17) is 10.7 Å². The maximum Gasteiger partial charge on any atom is 0.110 e. The largest absolute Gasteiger partial charge is 0.322 e. The normalized spacial score (nSPS) is 21.4. The molecule has 3 rings (SSSR count). The van der Waals surface area contributed by atoms with Crippen LogP contribution in [0.5, 0.6) is 0 Å². The zero-order valence-corrected chi connectivity index (χ0v) is 12.2. The van der Waals surface area contributed by atoms with Crippen LogP contribution in [0.15, 0.2) is 23.2 Å². The second-order valence-electron chi connectivity index (χ2n) is 5.45. The monoisotopic (exact) mass is 273 g/mol. The minimum Gasteiger partial charge on any atom is -0.322 e. The van der Waals surface area contributed by atoms with Gasteiger partial charge >= 0.3 is 0 Å². The van der Waals surface area contributed by atoms with Crippen molar-refractivity contribution in [2.45, 2.75) is 32.7 Å². The van der Waals surface area contributed by atoms with Gasteiger partial charge in [-0.1, -0.05) is 13.0 Å². The summed E-state index contributed by atoms with van der Waals surface area (Å²) in [6.45, 7) is 5.19. The van der Waals surface area contributed by atoms with Gasteiger partial charge in [-0.15, -0.1) is 11.3 Å². The summed E-state index contributed by atoms with van der Waals surface area (Å²) < 4.78 is 1.21. The van der Waals surface area contributed by atoms with Crippen molar-refractivity contribution >= 4 is 27.3 Å². The van der Waals surface area contributed by atoms with E-state index in [-0.39, 0.29) is 6.04 Å². The summed E-state index contributed by atoms with van der Waals surface area (Å²) in [6.07, 6.45) is 2.32. The third kappa shape index (κ3) is 2.55. The highest BCUT2D eigenvalue weighted by molar-refractivity contribution is 7.18. The Balaban J connectivity index is 1.97. The van der Waals surface area contributed by atoms with Gasteiger partial charge in [-0.2, -0.15) is 0 Å². The number of hydrogen-bond acceptors (Lipinski definition) is 4. The van der Waals surface area contributed by atoms with Crippen LogP contribution < -0.4 is 5.73 Å². The van der Waals surface area contributed by atoms with Crippen LogP contribution in [-0.2, 0) is 0 Å². The van der Waals surface area contributed by atoms with Gasteiger partial charge in [-0.25, -0.2) is 4.98 Å². The zero-order chi connectivity index (χ0) is 13.4. The molecule has 2 N–H and O–H groups in total. The van der Waals surface area contributed by atoms with E-state index in [9.17, 15) is 0 Å². The molecule has 0 saturated carbocycles. The van der Waals surface area contributed by atoms with E-state index in [0.29, 0.717) is 0 Å².